The van der Waals surface area contributed by atoms with Crippen LogP contribution in [-0.4, -0.2) is 21.1 Å². The lowest BCUT2D eigenvalue weighted by Crippen LogP contribution is -2.22. The summed E-state index contributed by atoms with van der Waals surface area (Å²) in [5, 5.41) is 22.2. The molecule has 0 saturated heterocycles. The second kappa shape index (κ2) is 5.05. The lowest BCUT2D eigenvalue weighted by Gasteiger charge is -2.04. The van der Waals surface area contributed by atoms with Crippen LogP contribution in [0.1, 0.15) is 20.2 Å². The third kappa shape index (κ3) is 2.98. The summed E-state index contributed by atoms with van der Waals surface area (Å²) in [5.41, 5.74) is 0.216. The number of rotatable bonds is 3. The van der Waals surface area contributed by atoms with E-state index in [9.17, 15) is 15.0 Å². The smallest absolute Gasteiger partial charge is 0.251 e. The van der Waals surface area contributed by atoms with Gasteiger partial charge in [0.25, 0.3) is 5.91 Å². The largest absolute Gasteiger partial charge is 0.508 e. The van der Waals surface area contributed by atoms with Crippen LogP contribution in [0.3, 0.4) is 0 Å². The molecule has 0 aliphatic carbocycles. The number of aromatic hydroxyl groups is 2. The first-order valence-corrected chi connectivity index (χ1v) is 6.09. The fraction of sp³-hybridized carbons (Fsp3) is 0.167. The Morgan fingerprint density at radius 3 is 2.56 bits per heavy atom. The van der Waals surface area contributed by atoms with Crippen LogP contribution in [0.4, 0.5) is 0 Å². The van der Waals surface area contributed by atoms with Crippen molar-refractivity contribution < 1.29 is 15.0 Å². The highest BCUT2D eigenvalue weighted by Crippen LogP contribution is 2.20. The van der Waals surface area contributed by atoms with Gasteiger partial charge in [0.2, 0.25) is 0 Å². The van der Waals surface area contributed by atoms with Crippen molar-refractivity contribution in [2.45, 2.75) is 13.5 Å². The molecule has 0 bridgehead atoms. The zero-order valence-electron chi connectivity index (χ0n) is 9.67. The van der Waals surface area contributed by atoms with Crippen LogP contribution in [0, 0.1) is 6.92 Å². The van der Waals surface area contributed by atoms with Gasteiger partial charge >= 0.3 is 0 Å². The summed E-state index contributed by atoms with van der Waals surface area (Å²) in [5.74, 6) is -0.644. The summed E-state index contributed by atoms with van der Waals surface area (Å²) in [6.45, 7) is 2.27. The van der Waals surface area contributed by atoms with Gasteiger partial charge < -0.3 is 15.5 Å². The van der Waals surface area contributed by atoms with Crippen LogP contribution < -0.4 is 5.32 Å². The van der Waals surface area contributed by atoms with Gasteiger partial charge in [-0.3, -0.25) is 4.79 Å². The van der Waals surface area contributed by atoms with Gasteiger partial charge in [-0.15, -0.1) is 11.3 Å². The summed E-state index contributed by atoms with van der Waals surface area (Å²) in [4.78, 5) is 16.8. The molecule has 0 aliphatic heterocycles. The highest BCUT2D eigenvalue weighted by molar-refractivity contribution is 7.11. The van der Waals surface area contributed by atoms with E-state index in [-0.39, 0.29) is 23.0 Å². The molecule has 0 spiro atoms. The van der Waals surface area contributed by atoms with E-state index in [1.54, 1.807) is 6.20 Å². The van der Waals surface area contributed by atoms with Crippen molar-refractivity contribution in [3.05, 3.63) is 39.8 Å². The number of thiazole rings is 1. The number of hydrogen-bond acceptors (Lipinski definition) is 5. The maximum absolute atomic E-state index is 11.8. The number of amides is 1. The number of nitrogens with zero attached hydrogens (tertiary/aromatic N) is 1. The zero-order valence-corrected chi connectivity index (χ0v) is 10.5. The number of nitrogens with one attached hydrogen (secondary N) is 1. The van der Waals surface area contributed by atoms with E-state index in [1.165, 1.54) is 29.5 Å². The van der Waals surface area contributed by atoms with E-state index in [1.807, 2.05) is 6.92 Å². The maximum atomic E-state index is 11.8. The third-order valence-electron chi connectivity index (χ3n) is 2.26. The molecule has 6 heteroatoms. The molecule has 2 aromatic rings. The Labute approximate surface area is 108 Å². The number of aryl methyl sites for hydroxylation is 1. The van der Waals surface area contributed by atoms with E-state index in [0.717, 1.165) is 9.88 Å². The van der Waals surface area contributed by atoms with E-state index < -0.39 is 0 Å². The number of carbonyl (C=O) groups excluding carboxylic acids is 1. The fourth-order valence-corrected chi connectivity index (χ4v) is 2.22. The Balaban J connectivity index is 2.03. The van der Waals surface area contributed by atoms with Crippen LogP contribution in [-0.2, 0) is 6.54 Å². The Kier molecular flexibility index (Phi) is 3.47. The molecule has 0 radical (unpaired) electrons. The minimum Gasteiger partial charge on any atom is -0.508 e. The average molecular weight is 264 g/mol. The Hall–Kier alpha value is -2.08. The highest BCUT2D eigenvalue weighted by Gasteiger charge is 2.08. The first-order valence-electron chi connectivity index (χ1n) is 5.27. The predicted octanol–water partition coefficient (Wildman–Crippen LogP) is 1.79. The summed E-state index contributed by atoms with van der Waals surface area (Å²) < 4.78 is 0. The Bertz CT molecular complexity index is 560. The lowest BCUT2D eigenvalue weighted by atomic mass is 10.2. The standard InChI is InChI=1S/C12H12N2O3S/c1-7-13-5-11(18-7)6-14-12(17)8-2-9(15)4-10(16)3-8/h2-5,15-16H,6H2,1H3,(H,14,17). The van der Waals surface area contributed by atoms with Crippen molar-refractivity contribution in [2.75, 3.05) is 0 Å². The minimum absolute atomic E-state index is 0.145. The van der Waals surface area contributed by atoms with Crippen molar-refractivity contribution in [1.82, 2.24) is 10.3 Å². The molecule has 0 saturated carbocycles. The second-order valence-corrected chi connectivity index (χ2v) is 5.09. The molecule has 1 aromatic carbocycles. The van der Waals surface area contributed by atoms with E-state index >= 15 is 0 Å². The second-order valence-electron chi connectivity index (χ2n) is 3.77. The third-order valence-corrected chi connectivity index (χ3v) is 3.17. The molecule has 2 rings (SSSR count). The molecule has 18 heavy (non-hydrogen) atoms. The van der Waals surface area contributed by atoms with Crippen molar-refractivity contribution in [3.63, 3.8) is 0 Å². The molecule has 0 aliphatic rings. The van der Waals surface area contributed by atoms with Crippen LogP contribution >= 0.6 is 11.3 Å². The van der Waals surface area contributed by atoms with Crippen molar-refractivity contribution in [3.8, 4) is 11.5 Å². The zero-order chi connectivity index (χ0) is 13.1. The average Bonchev–Trinajstić information content (AvgIpc) is 2.70. The normalized spacial score (nSPS) is 10.3. The SMILES string of the molecule is Cc1ncc(CNC(=O)c2cc(O)cc(O)c2)s1. The first kappa shape index (κ1) is 12.4. The number of carbonyl (C=O) groups is 1. The molecule has 0 atom stereocenters. The highest BCUT2D eigenvalue weighted by atomic mass is 32.1. The van der Waals surface area contributed by atoms with Gasteiger partial charge in [0, 0.05) is 22.7 Å². The van der Waals surface area contributed by atoms with Gasteiger partial charge in [-0.05, 0) is 19.1 Å². The summed E-state index contributed by atoms with van der Waals surface area (Å²) >= 11 is 1.51. The molecule has 1 amide bonds. The van der Waals surface area contributed by atoms with Crippen molar-refractivity contribution in [1.29, 1.82) is 0 Å². The van der Waals surface area contributed by atoms with Gasteiger partial charge in [-0.2, -0.15) is 0 Å². The molecule has 0 unspecified atom stereocenters. The van der Waals surface area contributed by atoms with Gasteiger partial charge in [0.1, 0.15) is 11.5 Å². The fourth-order valence-electron chi connectivity index (χ4n) is 1.48. The van der Waals surface area contributed by atoms with Gasteiger partial charge in [0.05, 0.1) is 11.6 Å². The van der Waals surface area contributed by atoms with Crippen LogP contribution in [0.15, 0.2) is 24.4 Å². The van der Waals surface area contributed by atoms with Gasteiger partial charge in [-0.1, -0.05) is 0 Å². The number of aromatic nitrogens is 1. The van der Waals surface area contributed by atoms with Crippen LogP contribution in [0.25, 0.3) is 0 Å². The van der Waals surface area contributed by atoms with E-state index in [0.29, 0.717) is 6.54 Å². The Morgan fingerprint density at radius 2 is 2.00 bits per heavy atom. The Morgan fingerprint density at radius 1 is 1.33 bits per heavy atom. The van der Waals surface area contributed by atoms with Crippen LogP contribution in [0.2, 0.25) is 0 Å². The van der Waals surface area contributed by atoms with Crippen molar-refractivity contribution in [2.24, 2.45) is 0 Å². The molecular weight excluding hydrogens is 252 g/mol. The molecule has 1 heterocycles. The molecule has 0 fully saturated rings. The molecule has 3 N–H and O–H groups in total. The van der Waals surface area contributed by atoms with E-state index in [2.05, 4.69) is 10.3 Å². The monoisotopic (exact) mass is 264 g/mol. The van der Waals surface area contributed by atoms with Gasteiger partial charge in [0.15, 0.2) is 0 Å². The number of hydrogen-bond donors (Lipinski definition) is 3. The molecule has 94 valence electrons. The summed E-state index contributed by atoms with van der Waals surface area (Å²) in [7, 11) is 0. The number of phenolic OH excluding ortho intramolecular Hbond substituents is 2. The molecule has 1 aromatic heterocycles. The first-order chi connectivity index (χ1) is 8.54. The van der Waals surface area contributed by atoms with Crippen LogP contribution in [0.5, 0.6) is 11.5 Å². The minimum atomic E-state index is -0.354. The van der Waals surface area contributed by atoms with Crippen molar-refractivity contribution >= 4 is 17.2 Å². The number of phenols is 2. The molecular formula is C12H12N2O3S. The maximum Gasteiger partial charge on any atom is 0.251 e. The summed E-state index contributed by atoms with van der Waals surface area (Å²) in [6.07, 6.45) is 1.71. The topological polar surface area (TPSA) is 82.5 Å². The predicted molar refractivity (Wildman–Crippen MR) is 67.8 cm³/mol. The van der Waals surface area contributed by atoms with Gasteiger partial charge in [-0.25, -0.2) is 4.98 Å². The lowest BCUT2D eigenvalue weighted by molar-refractivity contribution is 0.0950. The number of benzene rings is 1. The summed E-state index contributed by atoms with van der Waals surface area (Å²) in [6, 6.07) is 3.77. The quantitative estimate of drug-likeness (QED) is 0.789. The molecule has 5 nitrogen and oxygen atoms in total. The van der Waals surface area contributed by atoms with E-state index in [4.69, 9.17) is 0 Å².